The van der Waals surface area contributed by atoms with Crippen molar-refractivity contribution in [2.45, 2.75) is 44.8 Å². The van der Waals surface area contributed by atoms with Gasteiger partial charge in [-0.15, -0.1) is 0 Å². The van der Waals surface area contributed by atoms with E-state index in [1.807, 2.05) is 6.92 Å². The summed E-state index contributed by atoms with van der Waals surface area (Å²) in [5, 5.41) is 3.19. The van der Waals surface area contributed by atoms with Crippen LogP contribution in [-0.4, -0.2) is 32.0 Å². The third-order valence-electron chi connectivity index (χ3n) is 3.72. The van der Waals surface area contributed by atoms with Gasteiger partial charge in [-0.1, -0.05) is 25.1 Å². The Morgan fingerprint density at radius 3 is 2.71 bits per heavy atom. The lowest BCUT2D eigenvalue weighted by Crippen LogP contribution is -2.36. The second-order valence-corrected chi connectivity index (χ2v) is 5.55. The van der Waals surface area contributed by atoms with Crippen LogP contribution in [0.5, 0.6) is 0 Å². The highest BCUT2D eigenvalue weighted by Gasteiger charge is 2.28. The third kappa shape index (κ3) is 5.32. The van der Waals surface area contributed by atoms with Gasteiger partial charge in [0.25, 0.3) is 0 Å². The molecule has 0 heterocycles. The van der Waals surface area contributed by atoms with E-state index in [1.165, 1.54) is 17.5 Å². The van der Waals surface area contributed by atoms with Crippen LogP contribution in [0, 0.1) is 0 Å². The van der Waals surface area contributed by atoms with E-state index >= 15 is 0 Å². The molecule has 1 unspecified atom stereocenters. The van der Waals surface area contributed by atoms with Crippen molar-refractivity contribution < 1.29 is 17.9 Å². The minimum Gasteiger partial charge on any atom is -0.370 e. The van der Waals surface area contributed by atoms with Crippen molar-refractivity contribution >= 4 is 0 Å². The second kappa shape index (κ2) is 7.27. The fraction of sp³-hybridized carbons (Fsp3) is 0.625. The number of benzene rings is 1. The number of alkyl halides is 3. The molecule has 0 radical (unpaired) electrons. The molecule has 1 aromatic rings. The third-order valence-corrected chi connectivity index (χ3v) is 3.72. The molecular weight excluding hydrogens is 279 g/mol. The van der Waals surface area contributed by atoms with Crippen molar-refractivity contribution in [3.63, 3.8) is 0 Å². The molecule has 1 N–H and O–H groups in total. The molecule has 118 valence electrons. The first-order valence-electron chi connectivity index (χ1n) is 7.46. The molecule has 1 aromatic carbocycles. The van der Waals surface area contributed by atoms with Crippen LogP contribution in [0.25, 0.3) is 0 Å². The van der Waals surface area contributed by atoms with Gasteiger partial charge in [0.1, 0.15) is 6.61 Å². The minimum atomic E-state index is -4.26. The van der Waals surface area contributed by atoms with E-state index in [4.69, 9.17) is 4.74 Å². The molecule has 0 amide bonds. The number of hydrogen-bond donors (Lipinski definition) is 1. The summed E-state index contributed by atoms with van der Waals surface area (Å²) in [6.45, 7) is 1.55. The second-order valence-electron chi connectivity index (χ2n) is 5.55. The number of aryl methyl sites for hydroxylation is 2. The van der Waals surface area contributed by atoms with Gasteiger partial charge in [0, 0.05) is 6.04 Å². The summed E-state index contributed by atoms with van der Waals surface area (Å²) in [6, 6.07) is 6.34. The Labute approximate surface area is 123 Å². The van der Waals surface area contributed by atoms with Crippen molar-refractivity contribution in [3.8, 4) is 0 Å². The first-order valence-corrected chi connectivity index (χ1v) is 7.46. The quantitative estimate of drug-likeness (QED) is 0.834. The van der Waals surface area contributed by atoms with Gasteiger partial charge in [0.15, 0.2) is 0 Å². The van der Waals surface area contributed by atoms with Crippen LogP contribution in [0.3, 0.4) is 0 Å². The number of hydrogen-bond acceptors (Lipinski definition) is 2. The van der Waals surface area contributed by atoms with Crippen LogP contribution in [0.2, 0.25) is 0 Å². The zero-order chi connectivity index (χ0) is 15.3. The van der Waals surface area contributed by atoms with E-state index < -0.39 is 12.8 Å². The van der Waals surface area contributed by atoms with Crippen molar-refractivity contribution in [1.82, 2.24) is 5.32 Å². The Morgan fingerprint density at radius 1 is 1.24 bits per heavy atom. The molecule has 0 saturated heterocycles. The van der Waals surface area contributed by atoms with Gasteiger partial charge in [0.05, 0.1) is 6.61 Å². The van der Waals surface area contributed by atoms with Gasteiger partial charge in [-0.05, 0) is 48.9 Å². The monoisotopic (exact) mass is 301 g/mol. The van der Waals surface area contributed by atoms with Gasteiger partial charge in [-0.25, -0.2) is 0 Å². The Balaban J connectivity index is 1.89. The summed E-state index contributed by atoms with van der Waals surface area (Å²) in [6.07, 6.45) is -0.117. The molecule has 1 atom stereocenters. The lowest BCUT2D eigenvalue weighted by molar-refractivity contribution is -0.175. The predicted molar refractivity (Wildman–Crippen MR) is 76.5 cm³/mol. The topological polar surface area (TPSA) is 21.3 Å². The Hall–Kier alpha value is -1.07. The van der Waals surface area contributed by atoms with Gasteiger partial charge in [0.2, 0.25) is 0 Å². The van der Waals surface area contributed by atoms with Crippen LogP contribution < -0.4 is 5.32 Å². The zero-order valence-corrected chi connectivity index (χ0v) is 12.3. The van der Waals surface area contributed by atoms with Crippen molar-refractivity contribution in [3.05, 3.63) is 34.9 Å². The summed E-state index contributed by atoms with van der Waals surface area (Å²) >= 11 is 0. The Morgan fingerprint density at radius 2 is 2.00 bits per heavy atom. The van der Waals surface area contributed by atoms with Crippen LogP contribution >= 0.6 is 0 Å². The van der Waals surface area contributed by atoms with Crippen molar-refractivity contribution in [2.75, 3.05) is 19.8 Å². The van der Waals surface area contributed by atoms with Crippen LogP contribution in [0.1, 0.15) is 30.0 Å². The summed E-state index contributed by atoms with van der Waals surface area (Å²) in [5.41, 5.74) is 3.96. The smallest absolute Gasteiger partial charge is 0.370 e. The lowest BCUT2D eigenvalue weighted by Gasteiger charge is -2.19. The number of likely N-dealkylation sites (N-methyl/N-ethyl adjacent to an activating group) is 1. The fourth-order valence-corrected chi connectivity index (χ4v) is 2.83. The molecule has 0 spiro atoms. The number of nitrogens with one attached hydrogen (secondary N) is 1. The lowest BCUT2D eigenvalue weighted by atomic mass is 10.0. The standard InChI is InChI=1S/C16H22F3NO/c1-2-20-15(10-21-11-16(17,18)19)9-12-6-7-13-4-3-5-14(13)8-12/h6-8,15,20H,2-5,9-11H2,1H3. The summed E-state index contributed by atoms with van der Waals surface area (Å²) in [4.78, 5) is 0. The number of fused-ring (bicyclic) bond motifs is 1. The minimum absolute atomic E-state index is 0.0738. The molecule has 1 aliphatic carbocycles. The number of halogens is 3. The van der Waals surface area contributed by atoms with Crippen molar-refractivity contribution in [2.24, 2.45) is 0 Å². The van der Waals surface area contributed by atoms with Gasteiger partial charge in [-0.2, -0.15) is 13.2 Å². The number of rotatable bonds is 7. The molecule has 0 saturated carbocycles. The highest BCUT2D eigenvalue weighted by Crippen LogP contribution is 2.23. The molecule has 0 fully saturated rings. The van der Waals surface area contributed by atoms with Gasteiger partial charge >= 0.3 is 6.18 Å². The molecule has 1 aliphatic rings. The molecule has 2 rings (SSSR count). The SMILES string of the molecule is CCNC(COCC(F)(F)F)Cc1ccc2c(c1)CCC2. The molecule has 0 aromatic heterocycles. The molecular formula is C16H22F3NO. The van der Waals surface area contributed by atoms with E-state index in [0.717, 1.165) is 18.4 Å². The van der Waals surface area contributed by atoms with E-state index in [9.17, 15) is 13.2 Å². The summed E-state index contributed by atoms with van der Waals surface area (Å²) < 4.78 is 41.2. The first-order chi connectivity index (χ1) is 9.98. The van der Waals surface area contributed by atoms with Crippen LogP contribution in [-0.2, 0) is 24.0 Å². The molecule has 0 bridgehead atoms. The van der Waals surface area contributed by atoms with Crippen LogP contribution in [0.15, 0.2) is 18.2 Å². The molecule has 5 heteroatoms. The van der Waals surface area contributed by atoms with Crippen LogP contribution in [0.4, 0.5) is 13.2 Å². The number of ether oxygens (including phenoxy) is 1. The maximum absolute atomic E-state index is 12.1. The zero-order valence-electron chi connectivity index (χ0n) is 12.3. The van der Waals surface area contributed by atoms with Gasteiger partial charge in [-0.3, -0.25) is 0 Å². The van der Waals surface area contributed by atoms with E-state index in [1.54, 1.807) is 0 Å². The van der Waals surface area contributed by atoms with E-state index in [2.05, 4.69) is 23.5 Å². The highest BCUT2D eigenvalue weighted by atomic mass is 19.4. The first kappa shape index (κ1) is 16.3. The summed E-state index contributed by atoms with van der Waals surface area (Å²) in [5.74, 6) is 0. The summed E-state index contributed by atoms with van der Waals surface area (Å²) in [7, 11) is 0. The Kier molecular flexibility index (Phi) is 5.65. The highest BCUT2D eigenvalue weighted by molar-refractivity contribution is 5.35. The molecule has 0 aliphatic heterocycles. The molecule has 2 nitrogen and oxygen atoms in total. The normalized spacial score (nSPS) is 16.0. The maximum Gasteiger partial charge on any atom is 0.411 e. The Bertz CT molecular complexity index is 459. The fourth-order valence-electron chi connectivity index (χ4n) is 2.83. The average molecular weight is 301 g/mol. The average Bonchev–Trinajstić information content (AvgIpc) is 2.84. The van der Waals surface area contributed by atoms with E-state index in [-0.39, 0.29) is 12.6 Å². The predicted octanol–water partition coefficient (Wildman–Crippen LogP) is 3.27. The van der Waals surface area contributed by atoms with Crippen molar-refractivity contribution in [1.29, 1.82) is 0 Å². The van der Waals surface area contributed by atoms with Gasteiger partial charge < -0.3 is 10.1 Å². The largest absolute Gasteiger partial charge is 0.411 e. The maximum atomic E-state index is 12.1. The van der Waals surface area contributed by atoms with E-state index in [0.29, 0.717) is 13.0 Å². The molecule has 21 heavy (non-hydrogen) atoms.